The maximum atomic E-state index is 5.09. The molecule has 11 heavy (non-hydrogen) atoms. The largest absolute Gasteiger partial charge is 0.350 e. The molecule has 0 bridgehead atoms. The summed E-state index contributed by atoms with van der Waals surface area (Å²) in [6.07, 6.45) is 0.179. The van der Waals surface area contributed by atoms with Crippen LogP contribution >= 0.6 is 0 Å². The fraction of sp³-hybridized carbons (Fsp3) is 1.00. The van der Waals surface area contributed by atoms with E-state index in [2.05, 4.69) is 0 Å². The van der Waals surface area contributed by atoms with Crippen molar-refractivity contribution >= 4 is 0 Å². The predicted octanol–water partition coefficient (Wildman–Crippen LogP) is 2.12. The van der Waals surface area contributed by atoms with Gasteiger partial charge in [0.2, 0.25) is 0 Å². The van der Waals surface area contributed by atoms with Crippen LogP contribution in [0, 0.1) is 0 Å². The van der Waals surface area contributed by atoms with Crippen LogP contribution in [0.5, 0.6) is 0 Å². The Morgan fingerprint density at radius 1 is 1.18 bits per heavy atom. The van der Waals surface area contributed by atoms with E-state index in [0.717, 1.165) is 0 Å². The van der Waals surface area contributed by atoms with E-state index in [-0.39, 0.29) is 18.5 Å². The molecule has 0 aromatic rings. The average molecular weight is 162 g/mol. The molecule has 0 heterocycles. The minimum absolute atomic E-state index is 0.179. The number of ether oxygens (including phenoxy) is 1. The molecule has 0 aromatic heterocycles. The van der Waals surface area contributed by atoms with Crippen LogP contribution in [0.2, 0.25) is 0 Å². The van der Waals surface area contributed by atoms with Crippen LogP contribution in [0.25, 0.3) is 0 Å². The summed E-state index contributed by atoms with van der Waals surface area (Å²) >= 11 is 0. The third-order valence-corrected chi connectivity index (χ3v) is 0.758. The molecular weight excluding hydrogens is 144 g/mol. The highest BCUT2D eigenvalue weighted by Crippen LogP contribution is 2.06. The normalized spacial score (nSPS) is 12.5. The highest BCUT2D eigenvalue weighted by molar-refractivity contribution is 4.54. The lowest BCUT2D eigenvalue weighted by molar-refractivity contribution is -0.383. The molecule has 68 valence electrons. The van der Waals surface area contributed by atoms with E-state index in [1.807, 2.05) is 34.6 Å². The molecular formula is C8H18O3. The smallest absolute Gasteiger partial charge is 0.181 e. The Morgan fingerprint density at radius 3 is 2.09 bits per heavy atom. The van der Waals surface area contributed by atoms with E-state index < -0.39 is 0 Å². The third kappa shape index (κ3) is 9.88. The number of hydrogen-bond acceptors (Lipinski definition) is 3. The highest BCUT2D eigenvalue weighted by atomic mass is 17.2. The molecule has 0 saturated carbocycles. The van der Waals surface area contributed by atoms with Crippen LogP contribution in [-0.2, 0) is 14.5 Å². The molecule has 0 aliphatic rings. The second-order valence-electron chi connectivity index (χ2n) is 3.65. The van der Waals surface area contributed by atoms with Crippen molar-refractivity contribution in [2.75, 3.05) is 6.79 Å². The number of hydrogen-bond donors (Lipinski definition) is 0. The molecule has 0 saturated heterocycles. The zero-order valence-corrected chi connectivity index (χ0v) is 8.01. The summed E-state index contributed by atoms with van der Waals surface area (Å²) in [4.78, 5) is 9.74. The predicted molar refractivity (Wildman–Crippen MR) is 43.0 cm³/mol. The fourth-order valence-electron chi connectivity index (χ4n) is 0.365. The van der Waals surface area contributed by atoms with Crippen molar-refractivity contribution < 1.29 is 14.5 Å². The second kappa shape index (κ2) is 4.70. The van der Waals surface area contributed by atoms with Gasteiger partial charge >= 0.3 is 0 Å². The number of rotatable bonds is 4. The van der Waals surface area contributed by atoms with Gasteiger partial charge < -0.3 is 4.74 Å². The Balaban J connectivity index is 3.15. The van der Waals surface area contributed by atoms with Gasteiger partial charge in [0.25, 0.3) is 0 Å². The van der Waals surface area contributed by atoms with Crippen LogP contribution in [0.3, 0.4) is 0 Å². The molecule has 0 fully saturated rings. The van der Waals surface area contributed by atoms with Crippen molar-refractivity contribution in [3.63, 3.8) is 0 Å². The van der Waals surface area contributed by atoms with Crippen molar-refractivity contribution in [2.24, 2.45) is 0 Å². The summed E-state index contributed by atoms with van der Waals surface area (Å²) in [5.74, 6) is 0. The molecule has 0 unspecified atom stereocenters. The molecule has 3 nitrogen and oxygen atoms in total. The van der Waals surface area contributed by atoms with Gasteiger partial charge in [-0.25, -0.2) is 9.78 Å². The topological polar surface area (TPSA) is 27.7 Å². The molecule has 0 aromatic carbocycles. The summed E-state index contributed by atoms with van der Waals surface area (Å²) < 4.78 is 5.09. The first-order chi connectivity index (χ1) is 4.92. The summed E-state index contributed by atoms with van der Waals surface area (Å²) in [7, 11) is 0. The van der Waals surface area contributed by atoms with Gasteiger partial charge in [-0.15, -0.1) is 0 Å². The minimum Gasteiger partial charge on any atom is -0.350 e. The molecule has 0 radical (unpaired) electrons. The zero-order valence-electron chi connectivity index (χ0n) is 8.01. The molecule has 0 amide bonds. The first-order valence-corrected chi connectivity index (χ1v) is 3.84. The van der Waals surface area contributed by atoms with Gasteiger partial charge in [-0.2, -0.15) is 0 Å². The van der Waals surface area contributed by atoms with E-state index >= 15 is 0 Å². The van der Waals surface area contributed by atoms with Crippen LogP contribution in [0.4, 0.5) is 0 Å². The summed E-state index contributed by atoms with van der Waals surface area (Å²) in [6.45, 7) is 9.84. The van der Waals surface area contributed by atoms with E-state index in [1.165, 1.54) is 0 Å². The van der Waals surface area contributed by atoms with Crippen LogP contribution < -0.4 is 0 Å². The molecule has 0 spiro atoms. The molecule has 0 N–H and O–H groups in total. The standard InChI is InChI=1S/C8H18O3/c1-7(2)9-6-10-11-8(3,4)5/h7H,6H2,1-5H3. The van der Waals surface area contributed by atoms with Crippen LogP contribution in [0.15, 0.2) is 0 Å². The third-order valence-electron chi connectivity index (χ3n) is 0.758. The fourth-order valence-corrected chi connectivity index (χ4v) is 0.365. The Labute approximate surface area is 68.6 Å². The minimum atomic E-state index is -0.264. The SMILES string of the molecule is CC(C)OCOOC(C)(C)C. The quantitative estimate of drug-likeness (QED) is 0.274. The monoisotopic (exact) mass is 162 g/mol. The van der Waals surface area contributed by atoms with E-state index in [1.54, 1.807) is 0 Å². The van der Waals surface area contributed by atoms with Crippen molar-refractivity contribution in [2.45, 2.75) is 46.3 Å². The summed E-state index contributed by atoms with van der Waals surface area (Å²) in [5, 5.41) is 0. The maximum absolute atomic E-state index is 5.09. The first-order valence-electron chi connectivity index (χ1n) is 3.84. The van der Waals surface area contributed by atoms with Gasteiger partial charge in [0, 0.05) is 0 Å². The maximum Gasteiger partial charge on any atom is 0.181 e. The zero-order chi connectivity index (χ0) is 8.91. The average Bonchev–Trinajstić information content (AvgIpc) is 1.78. The Morgan fingerprint density at radius 2 is 1.73 bits per heavy atom. The van der Waals surface area contributed by atoms with Crippen LogP contribution in [-0.4, -0.2) is 18.5 Å². The Hall–Kier alpha value is -0.120. The van der Waals surface area contributed by atoms with Gasteiger partial charge in [0.1, 0.15) is 0 Å². The molecule has 0 aliphatic carbocycles. The van der Waals surface area contributed by atoms with Gasteiger partial charge in [-0.05, 0) is 34.6 Å². The van der Waals surface area contributed by atoms with Crippen molar-refractivity contribution in [1.29, 1.82) is 0 Å². The molecule has 0 atom stereocenters. The molecule has 3 heteroatoms. The summed E-state index contributed by atoms with van der Waals surface area (Å²) in [5.41, 5.74) is -0.264. The van der Waals surface area contributed by atoms with Crippen molar-refractivity contribution in [1.82, 2.24) is 0 Å². The lowest BCUT2D eigenvalue weighted by Crippen LogP contribution is -2.21. The molecule has 0 rings (SSSR count). The van der Waals surface area contributed by atoms with Gasteiger partial charge in [-0.3, -0.25) is 0 Å². The highest BCUT2D eigenvalue weighted by Gasteiger charge is 2.10. The lowest BCUT2D eigenvalue weighted by atomic mass is 10.2. The molecule has 0 aliphatic heterocycles. The van der Waals surface area contributed by atoms with E-state index in [4.69, 9.17) is 14.5 Å². The van der Waals surface area contributed by atoms with Gasteiger partial charge in [0.05, 0.1) is 11.7 Å². The van der Waals surface area contributed by atoms with Gasteiger partial charge in [0.15, 0.2) is 6.79 Å². The Kier molecular flexibility index (Phi) is 4.65. The van der Waals surface area contributed by atoms with E-state index in [9.17, 15) is 0 Å². The van der Waals surface area contributed by atoms with E-state index in [0.29, 0.717) is 0 Å². The first kappa shape index (κ1) is 10.9. The van der Waals surface area contributed by atoms with Crippen molar-refractivity contribution in [3.05, 3.63) is 0 Å². The summed E-state index contributed by atoms with van der Waals surface area (Å²) in [6, 6.07) is 0. The van der Waals surface area contributed by atoms with Crippen LogP contribution in [0.1, 0.15) is 34.6 Å². The second-order valence-corrected chi connectivity index (χ2v) is 3.65. The Bertz CT molecular complexity index is 94.0. The van der Waals surface area contributed by atoms with Crippen molar-refractivity contribution in [3.8, 4) is 0 Å². The van der Waals surface area contributed by atoms with Gasteiger partial charge in [-0.1, -0.05) is 0 Å². The lowest BCUT2D eigenvalue weighted by Gasteiger charge is -2.17.